The largest absolute Gasteiger partial charge is 0.338 e. The van der Waals surface area contributed by atoms with Crippen LogP contribution >= 0.6 is 0 Å². The zero-order valence-corrected chi connectivity index (χ0v) is 9.90. The minimum Gasteiger partial charge on any atom is -0.338 e. The Morgan fingerprint density at radius 1 is 1.25 bits per heavy atom. The third-order valence-corrected chi connectivity index (χ3v) is 2.60. The van der Waals surface area contributed by atoms with Crippen molar-refractivity contribution in [3.8, 4) is 0 Å². The normalized spacial score (nSPS) is 18.2. The molecule has 1 saturated heterocycles. The van der Waals surface area contributed by atoms with Crippen LogP contribution in [-0.2, 0) is 4.79 Å². The number of hydrogen-bond donors (Lipinski definition) is 2. The first-order chi connectivity index (χ1) is 7.56. The van der Waals surface area contributed by atoms with Crippen LogP contribution in [0.3, 0.4) is 0 Å². The van der Waals surface area contributed by atoms with Crippen LogP contribution in [0.1, 0.15) is 13.8 Å². The van der Waals surface area contributed by atoms with Gasteiger partial charge in [-0.25, -0.2) is 4.79 Å². The van der Waals surface area contributed by atoms with Crippen LogP contribution in [0.15, 0.2) is 0 Å². The fourth-order valence-corrected chi connectivity index (χ4v) is 1.68. The van der Waals surface area contributed by atoms with Gasteiger partial charge in [0.15, 0.2) is 0 Å². The summed E-state index contributed by atoms with van der Waals surface area (Å²) in [4.78, 5) is 26.5. The number of nitrogens with one attached hydrogen (secondary N) is 1. The predicted octanol–water partition coefficient (Wildman–Crippen LogP) is -0.793. The number of urea groups is 1. The Labute approximate surface area is 95.8 Å². The summed E-state index contributed by atoms with van der Waals surface area (Å²) in [5.41, 5.74) is 5.52. The molecule has 0 saturated carbocycles. The van der Waals surface area contributed by atoms with E-state index in [0.29, 0.717) is 32.7 Å². The summed E-state index contributed by atoms with van der Waals surface area (Å²) in [6.07, 6.45) is 0. The smallest absolute Gasteiger partial charge is 0.317 e. The van der Waals surface area contributed by atoms with Crippen LogP contribution in [-0.4, -0.2) is 60.5 Å². The van der Waals surface area contributed by atoms with Crippen molar-refractivity contribution >= 4 is 11.9 Å². The summed E-state index contributed by atoms with van der Waals surface area (Å²) in [6.45, 7) is 6.47. The van der Waals surface area contributed by atoms with E-state index in [4.69, 9.17) is 5.73 Å². The maximum absolute atomic E-state index is 11.6. The van der Waals surface area contributed by atoms with Gasteiger partial charge in [0.05, 0.1) is 6.04 Å². The van der Waals surface area contributed by atoms with Crippen LogP contribution in [0, 0.1) is 0 Å². The third-order valence-electron chi connectivity index (χ3n) is 2.60. The fourth-order valence-electron chi connectivity index (χ4n) is 1.68. The summed E-state index contributed by atoms with van der Waals surface area (Å²) in [5, 5.41) is 2.74. The molecule has 1 heterocycles. The molecule has 0 spiro atoms. The molecule has 1 unspecified atom stereocenters. The second kappa shape index (κ2) is 5.69. The Morgan fingerprint density at radius 2 is 1.75 bits per heavy atom. The van der Waals surface area contributed by atoms with E-state index in [2.05, 4.69) is 5.32 Å². The minimum absolute atomic E-state index is 0.0458. The van der Waals surface area contributed by atoms with Crippen molar-refractivity contribution in [1.29, 1.82) is 0 Å². The molecule has 3 N–H and O–H groups in total. The van der Waals surface area contributed by atoms with E-state index in [1.807, 2.05) is 6.92 Å². The zero-order valence-electron chi connectivity index (χ0n) is 9.90. The molecular formula is C10H20N4O2. The van der Waals surface area contributed by atoms with Gasteiger partial charge in [0.25, 0.3) is 0 Å². The van der Waals surface area contributed by atoms with Crippen LogP contribution < -0.4 is 11.1 Å². The molecule has 1 aliphatic heterocycles. The molecule has 1 fully saturated rings. The second-order valence-electron chi connectivity index (χ2n) is 3.94. The van der Waals surface area contributed by atoms with Gasteiger partial charge >= 0.3 is 6.03 Å². The van der Waals surface area contributed by atoms with Gasteiger partial charge in [0, 0.05) is 32.7 Å². The van der Waals surface area contributed by atoms with Gasteiger partial charge in [0.2, 0.25) is 5.91 Å². The standard InChI is InChI=1S/C10H20N4O2/c1-3-12-10(16)14-6-4-13(5-7-14)9(15)8(2)11/h8H,3-7,11H2,1-2H3,(H,12,16). The van der Waals surface area contributed by atoms with Crippen LogP contribution in [0.2, 0.25) is 0 Å². The van der Waals surface area contributed by atoms with E-state index in [1.165, 1.54) is 0 Å². The number of nitrogens with two attached hydrogens (primary N) is 1. The van der Waals surface area contributed by atoms with Crippen molar-refractivity contribution in [3.63, 3.8) is 0 Å². The van der Waals surface area contributed by atoms with Gasteiger partial charge in [-0.2, -0.15) is 0 Å². The van der Waals surface area contributed by atoms with Crippen molar-refractivity contribution < 1.29 is 9.59 Å². The molecule has 1 atom stereocenters. The molecule has 3 amide bonds. The second-order valence-corrected chi connectivity index (χ2v) is 3.94. The first-order valence-electron chi connectivity index (χ1n) is 5.63. The summed E-state index contributed by atoms with van der Waals surface area (Å²) in [6, 6.07) is -0.522. The first-order valence-corrected chi connectivity index (χ1v) is 5.63. The lowest BCUT2D eigenvalue weighted by molar-refractivity contribution is -0.133. The molecule has 0 aromatic heterocycles. The Hall–Kier alpha value is -1.30. The fraction of sp³-hybridized carbons (Fsp3) is 0.800. The van der Waals surface area contributed by atoms with Gasteiger partial charge in [-0.1, -0.05) is 0 Å². The molecule has 0 aromatic carbocycles. The Morgan fingerprint density at radius 3 is 2.19 bits per heavy atom. The molecule has 0 radical (unpaired) electrons. The quantitative estimate of drug-likeness (QED) is 0.650. The molecule has 16 heavy (non-hydrogen) atoms. The Balaban J connectivity index is 2.39. The van der Waals surface area contributed by atoms with Gasteiger partial charge in [0.1, 0.15) is 0 Å². The van der Waals surface area contributed by atoms with E-state index in [-0.39, 0.29) is 11.9 Å². The maximum Gasteiger partial charge on any atom is 0.317 e. The Bertz CT molecular complexity index is 260. The van der Waals surface area contributed by atoms with E-state index < -0.39 is 6.04 Å². The Kier molecular flexibility index (Phi) is 4.54. The van der Waals surface area contributed by atoms with Gasteiger partial charge in [-0.15, -0.1) is 0 Å². The summed E-state index contributed by atoms with van der Waals surface area (Å²) in [5.74, 6) is -0.0458. The van der Waals surface area contributed by atoms with Crippen molar-refractivity contribution in [2.24, 2.45) is 5.73 Å². The number of nitrogens with zero attached hydrogens (tertiary/aromatic N) is 2. The van der Waals surface area contributed by atoms with Gasteiger partial charge in [-0.05, 0) is 13.8 Å². The van der Waals surface area contributed by atoms with Crippen LogP contribution in [0.25, 0.3) is 0 Å². The van der Waals surface area contributed by atoms with Crippen molar-refractivity contribution in [1.82, 2.24) is 15.1 Å². The van der Waals surface area contributed by atoms with Crippen LogP contribution in [0.5, 0.6) is 0 Å². The average Bonchev–Trinajstić information content (AvgIpc) is 2.28. The molecule has 6 nitrogen and oxygen atoms in total. The summed E-state index contributed by atoms with van der Waals surface area (Å²) < 4.78 is 0. The lowest BCUT2D eigenvalue weighted by atomic mass is 10.2. The minimum atomic E-state index is -0.462. The summed E-state index contributed by atoms with van der Waals surface area (Å²) in [7, 11) is 0. The van der Waals surface area contributed by atoms with E-state index >= 15 is 0 Å². The maximum atomic E-state index is 11.6. The third kappa shape index (κ3) is 3.10. The number of carbonyl (C=O) groups excluding carboxylic acids is 2. The highest BCUT2D eigenvalue weighted by Crippen LogP contribution is 2.03. The molecule has 1 aliphatic rings. The number of carbonyl (C=O) groups is 2. The highest BCUT2D eigenvalue weighted by atomic mass is 16.2. The number of amides is 3. The zero-order chi connectivity index (χ0) is 12.1. The highest BCUT2D eigenvalue weighted by Gasteiger charge is 2.24. The SMILES string of the molecule is CCNC(=O)N1CCN(C(=O)C(C)N)CC1. The van der Waals surface area contributed by atoms with E-state index in [1.54, 1.807) is 16.7 Å². The van der Waals surface area contributed by atoms with Crippen molar-refractivity contribution in [2.75, 3.05) is 32.7 Å². The van der Waals surface area contributed by atoms with E-state index in [9.17, 15) is 9.59 Å². The lowest BCUT2D eigenvalue weighted by Crippen LogP contribution is -2.55. The molecule has 1 rings (SSSR count). The van der Waals surface area contributed by atoms with Gasteiger partial charge in [-0.3, -0.25) is 4.79 Å². The lowest BCUT2D eigenvalue weighted by Gasteiger charge is -2.35. The molecule has 0 bridgehead atoms. The number of rotatable bonds is 2. The molecule has 0 aliphatic carbocycles. The average molecular weight is 228 g/mol. The van der Waals surface area contributed by atoms with Gasteiger partial charge < -0.3 is 20.9 Å². The topological polar surface area (TPSA) is 78.7 Å². The van der Waals surface area contributed by atoms with Crippen LogP contribution in [0.4, 0.5) is 4.79 Å². The molecule has 92 valence electrons. The number of hydrogen-bond acceptors (Lipinski definition) is 3. The molecular weight excluding hydrogens is 208 g/mol. The van der Waals surface area contributed by atoms with E-state index in [0.717, 1.165) is 0 Å². The van der Waals surface area contributed by atoms with Crippen molar-refractivity contribution in [2.45, 2.75) is 19.9 Å². The predicted molar refractivity (Wildman–Crippen MR) is 60.9 cm³/mol. The summed E-state index contributed by atoms with van der Waals surface area (Å²) >= 11 is 0. The molecule has 0 aromatic rings. The highest BCUT2D eigenvalue weighted by molar-refractivity contribution is 5.81. The monoisotopic (exact) mass is 228 g/mol. The first kappa shape index (κ1) is 12.8. The van der Waals surface area contributed by atoms with Crippen molar-refractivity contribution in [3.05, 3.63) is 0 Å². The molecule has 6 heteroatoms. The number of piperazine rings is 1.